The molecule has 2 aliphatic heterocycles. The van der Waals surface area contributed by atoms with Crippen LogP contribution in [-0.4, -0.2) is 59.5 Å². The number of benzene rings is 2. The van der Waals surface area contributed by atoms with Gasteiger partial charge >= 0.3 is 18.1 Å². The number of rotatable bonds is 7. The zero-order valence-electron chi connectivity index (χ0n) is 22.1. The number of nitrogens with zero attached hydrogens (tertiary/aromatic N) is 3. The summed E-state index contributed by atoms with van der Waals surface area (Å²) in [7, 11) is 1.13. The van der Waals surface area contributed by atoms with E-state index in [2.05, 4.69) is 4.99 Å². The predicted octanol–water partition coefficient (Wildman–Crippen LogP) is 4.97. The molecule has 1 saturated heterocycles. The van der Waals surface area contributed by atoms with Crippen molar-refractivity contribution in [3.05, 3.63) is 87.1 Å². The predicted molar refractivity (Wildman–Crippen MR) is 138 cm³/mol. The Morgan fingerprint density at radius 3 is 2.48 bits per heavy atom. The van der Waals surface area contributed by atoms with Crippen LogP contribution < -0.4 is 0 Å². The first-order valence-electron chi connectivity index (χ1n) is 12.5. The van der Waals surface area contributed by atoms with Gasteiger partial charge in [-0.3, -0.25) is 24.8 Å². The molecule has 12 heteroatoms. The van der Waals surface area contributed by atoms with Crippen molar-refractivity contribution in [2.75, 3.05) is 20.2 Å². The minimum absolute atomic E-state index is 0.0378. The summed E-state index contributed by atoms with van der Waals surface area (Å²) in [6, 6.07) is 14.2. The van der Waals surface area contributed by atoms with Crippen molar-refractivity contribution >= 4 is 23.3 Å². The van der Waals surface area contributed by atoms with Gasteiger partial charge in [0.1, 0.15) is 5.92 Å². The van der Waals surface area contributed by atoms with Crippen molar-refractivity contribution in [2.24, 2.45) is 10.9 Å². The van der Waals surface area contributed by atoms with Crippen LogP contribution in [0.2, 0.25) is 0 Å². The molecule has 40 heavy (non-hydrogen) atoms. The maximum Gasteiger partial charge on any atom is 0.429 e. The maximum absolute atomic E-state index is 14.5. The van der Waals surface area contributed by atoms with E-state index in [1.165, 1.54) is 38.1 Å². The Balaban J connectivity index is 1.73. The molecule has 0 amide bonds. The van der Waals surface area contributed by atoms with E-state index in [1.807, 2.05) is 0 Å². The topological polar surface area (TPSA) is 111 Å². The van der Waals surface area contributed by atoms with E-state index in [0.717, 1.165) is 12.7 Å². The highest BCUT2D eigenvalue weighted by Gasteiger charge is 2.62. The number of carbonyl (C=O) groups excluding carboxylic acids is 2. The van der Waals surface area contributed by atoms with Crippen LogP contribution in [0.15, 0.2) is 70.9 Å². The highest BCUT2D eigenvalue weighted by molar-refractivity contribution is 6.07. The minimum Gasteiger partial charge on any atom is -0.468 e. The first kappa shape index (κ1) is 28.9. The summed E-state index contributed by atoms with van der Waals surface area (Å²) in [4.78, 5) is 43.2. The van der Waals surface area contributed by atoms with Crippen LogP contribution in [0.4, 0.5) is 18.9 Å². The normalized spacial score (nSPS) is 23.5. The molecule has 4 rings (SSSR count). The summed E-state index contributed by atoms with van der Waals surface area (Å²) in [5, 5.41) is 11.5. The first-order chi connectivity index (χ1) is 18.9. The maximum atomic E-state index is 14.5. The van der Waals surface area contributed by atoms with Crippen LogP contribution in [0.5, 0.6) is 0 Å². The van der Waals surface area contributed by atoms with Crippen molar-refractivity contribution in [1.29, 1.82) is 0 Å². The molecule has 2 aromatic rings. The smallest absolute Gasteiger partial charge is 0.429 e. The van der Waals surface area contributed by atoms with E-state index in [-0.39, 0.29) is 41.3 Å². The summed E-state index contributed by atoms with van der Waals surface area (Å²) >= 11 is 0. The van der Waals surface area contributed by atoms with Crippen molar-refractivity contribution in [3.8, 4) is 0 Å². The Kier molecular flexibility index (Phi) is 8.10. The van der Waals surface area contributed by atoms with Crippen molar-refractivity contribution in [2.45, 2.75) is 44.5 Å². The average Bonchev–Trinajstić information content (AvgIpc) is 3.31. The number of non-ortho nitro benzene ring substituents is 1. The SMILES string of the molecule is COC(=O)C1C(C)=NC(C)=C(C(=O)OC2(C(F)(F)F)CCN(Cc3ccccc3)C2)C1c1cccc([N+](=O)[O-])c1. The molecule has 3 unspecified atom stereocenters. The number of halogens is 3. The Bertz CT molecular complexity index is 1370. The number of alkyl halides is 3. The minimum atomic E-state index is -4.89. The summed E-state index contributed by atoms with van der Waals surface area (Å²) in [6.45, 7) is 2.65. The number of allylic oxidation sites excluding steroid dienone is 1. The fourth-order valence-corrected chi connectivity index (χ4v) is 5.37. The summed E-state index contributed by atoms with van der Waals surface area (Å²) in [5.41, 5.74) is -2.11. The van der Waals surface area contributed by atoms with Gasteiger partial charge in [-0.2, -0.15) is 13.2 Å². The summed E-state index contributed by atoms with van der Waals surface area (Å²) < 4.78 is 53.9. The van der Waals surface area contributed by atoms with Crippen LogP contribution in [0.3, 0.4) is 0 Å². The zero-order valence-corrected chi connectivity index (χ0v) is 22.1. The molecule has 3 atom stereocenters. The van der Waals surface area contributed by atoms with Crippen molar-refractivity contribution in [3.63, 3.8) is 0 Å². The number of hydrogen-bond acceptors (Lipinski definition) is 8. The molecule has 0 N–H and O–H groups in total. The van der Waals surface area contributed by atoms with Crippen LogP contribution in [0, 0.1) is 16.0 Å². The van der Waals surface area contributed by atoms with E-state index in [1.54, 1.807) is 35.2 Å². The number of esters is 2. The van der Waals surface area contributed by atoms with Crippen LogP contribution in [0.25, 0.3) is 0 Å². The average molecular weight is 560 g/mol. The fraction of sp³-hybridized carbons (Fsp3) is 0.393. The molecular weight excluding hydrogens is 531 g/mol. The van der Waals surface area contributed by atoms with Gasteiger partial charge in [-0.05, 0) is 25.0 Å². The lowest BCUT2D eigenvalue weighted by Gasteiger charge is -2.35. The molecule has 0 radical (unpaired) electrons. The number of carbonyl (C=O) groups is 2. The number of methoxy groups -OCH3 is 1. The van der Waals surface area contributed by atoms with E-state index in [9.17, 15) is 32.9 Å². The quantitative estimate of drug-likeness (QED) is 0.268. The van der Waals surface area contributed by atoms with Gasteiger partial charge in [0.15, 0.2) is 0 Å². The van der Waals surface area contributed by atoms with Gasteiger partial charge in [-0.1, -0.05) is 42.5 Å². The summed E-state index contributed by atoms with van der Waals surface area (Å²) in [6.07, 6.45) is -5.37. The zero-order chi connectivity index (χ0) is 29.2. The number of aliphatic imine (C=N–C) groups is 1. The van der Waals surface area contributed by atoms with E-state index < -0.39 is 53.4 Å². The lowest BCUT2D eigenvalue weighted by Crippen LogP contribution is -2.51. The van der Waals surface area contributed by atoms with Gasteiger partial charge in [0.05, 0.1) is 17.6 Å². The molecule has 0 aromatic heterocycles. The second-order valence-corrected chi connectivity index (χ2v) is 9.91. The van der Waals surface area contributed by atoms with Gasteiger partial charge in [0, 0.05) is 55.5 Å². The second kappa shape index (κ2) is 11.2. The second-order valence-electron chi connectivity index (χ2n) is 9.91. The lowest BCUT2D eigenvalue weighted by atomic mass is 9.75. The highest BCUT2D eigenvalue weighted by Crippen LogP contribution is 2.45. The molecule has 2 aromatic carbocycles. The third kappa shape index (κ3) is 5.62. The van der Waals surface area contributed by atoms with Gasteiger partial charge in [0.25, 0.3) is 5.69 Å². The Morgan fingerprint density at radius 1 is 1.15 bits per heavy atom. The Hall–Kier alpha value is -4.06. The van der Waals surface area contributed by atoms with Gasteiger partial charge in [0.2, 0.25) is 5.60 Å². The van der Waals surface area contributed by atoms with Crippen LogP contribution in [-0.2, 0) is 25.6 Å². The molecule has 0 aliphatic carbocycles. The molecule has 0 saturated carbocycles. The van der Waals surface area contributed by atoms with Gasteiger partial charge in [-0.25, -0.2) is 4.79 Å². The van der Waals surface area contributed by atoms with Crippen LogP contribution in [0.1, 0.15) is 37.3 Å². The largest absolute Gasteiger partial charge is 0.468 e. The van der Waals surface area contributed by atoms with E-state index in [4.69, 9.17) is 9.47 Å². The fourth-order valence-electron chi connectivity index (χ4n) is 5.37. The molecule has 9 nitrogen and oxygen atoms in total. The van der Waals surface area contributed by atoms with Crippen molar-refractivity contribution < 1.29 is 37.2 Å². The highest BCUT2D eigenvalue weighted by atomic mass is 19.4. The molecule has 0 spiro atoms. The first-order valence-corrected chi connectivity index (χ1v) is 12.5. The van der Waals surface area contributed by atoms with E-state index >= 15 is 0 Å². The molecule has 2 aliphatic rings. The number of ether oxygens (including phenoxy) is 2. The standard InChI is InChI=1S/C28H28F3N3O6/c1-17-22(25(35)39-3)24(20-10-7-11-21(14-20)34(37)38)23(18(2)32-17)26(36)40-27(28(29,30)31)12-13-33(16-27)15-19-8-5-4-6-9-19/h4-11,14,22,24H,12-13,15-16H2,1-3H3. The van der Waals surface area contributed by atoms with Gasteiger partial charge in [-0.15, -0.1) is 0 Å². The number of nitro benzene ring substituents is 1. The van der Waals surface area contributed by atoms with E-state index in [0.29, 0.717) is 0 Å². The van der Waals surface area contributed by atoms with Gasteiger partial charge < -0.3 is 9.47 Å². The molecular formula is C28H28F3N3O6. The monoisotopic (exact) mass is 559 g/mol. The Labute approximate surface area is 228 Å². The number of hydrogen-bond donors (Lipinski definition) is 0. The molecule has 212 valence electrons. The third-order valence-electron chi connectivity index (χ3n) is 7.31. The lowest BCUT2D eigenvalue weighted by molar-refractivity contribution is -0.384. The summed E-state index contributed by atoms with van der Waals surface area (Å²) in [5.74, 6) is -4.52. The van der Waals surface area contributed by atoms with Crippen LogP contribution >= 0.6 is 0 Å². The number of likely N-dealkylation sites (tertiary alicyclic amines) is 1. The Morgan fingerprint density at radius 2 is 1.85 bits per heavy atom. The molecule has 2 heterocycles. The molecule has 0 bridgehead atoms. The third-order valence-corrected chi connectivity index (χ3v) is 7.31. The van der Waals surface area contributed by atoms with Crippen molar-refractivity contribution in [1.82, 2.24) is 4.90 Å². The molecule has 1 fully saturated rings. The number of nitro groups is 1.